The van der Waals surface area contributed by atoms with Crippen LogP contribution in [0.3, 0.4) is 0 Å². The van der Waals surface area contributed by atoms with Gasteiger partial charge >= 0.3 is 0 Å². The Bertz CT molecular complexity index is 425. The van der Waals surface area contributed by atoms with Gasteiger partial charge in [-0.1, -0.05) is 11.6 Å². The Morgan fingerprint density at radius 3 is 3.24 bits per heavy atom. The summed E-state index contributed by atoms with van der Waals surface area (Å²) < 4.78 is 0. The van der Waals surface area contributed by atoms with Crippen LogP contribution in [0.4, 0.5) is 0 Å². The minimum Gasteiger partial charge on any atom is -0.310 e. The third kappa shape index (κ3) is 3.42. The summed E-state index contributed by atoms with van der Waals surface area (Å²) in [5.74, 6) is 3.84. The van der Waals surface area contributed by atoms with Crippen molar-refractivity contribution in [2.24, 2.45) is 0 Å². The molecule has 1 aliphatic heterocycles. The number of hydrogen-bond donors (Lipinski definition) is 1. The molecule has 0 radical (unpaired) electrons. The number of unbranched alkanes of at least 4 members (excludes halogenated alkanes) is 1. The van der Waals surface area contributed by atoms with Gasteiger partial charge in [0, 0.05) is 22.4 Å². The Labute approximate surface area is 112 Å². The Balaban J connectivity index is 2.01. The number of halogens is 1. The van der Waals surface area contributed by atoms with Gasteiger partial charge in [-0.25, -0.2) is 0 Å². The highest BCUT2D eigenvalue weighted by Gasteiger charge is 2.20. The summed E-state index contributed by atoms with van der Waals surface area (Å²) in [6, 6.07) is 6.61. The van der Waals surface area contributed by atoms with Crippen LogP contribution in [0.15, 0.2) is 23.1 Å². The highest BCUT2D eigenvalue weighted by molar-refractivity contribution is 7.99. The van der Waals surface area contributed by atoms with Crippen molar-refractivity contribution in [3.05, 3.63) is 28.8 Å². The number of terminal acetylenes is 1. The van der Waals surface area contributed by atoms with E-state index in [4.69, 9.17) is 18.0 Å². The van der Waals surface area contributed by atoms with Crippen molar-refractivity contribution >= 4 is 23.4 Å². The van der Waals surface area contributed by atoms with E-state index in [1.807, 2.05) is 17.8 Å². The van der Waals surface area contributed by atoms with Crippen molar-refractivity contribution in [3.63, 3.8) is 0 Å². The van der Waals surface area contributed by atoms with Crippen LogP contribution in [0.5, 0.6) is 0 Å². The maximum atomic E-state index is 6.06. The quantitative estimate of drug-likeness (QED) is 0.655. The molecule has 0 saturated carbocycles. The summed E-state index contributed by atoms with van der Waals surface area (Å²) >= 11 is 7.98. The van der Waals surface area contributed by atoms with E-state index in [-0.39, 0.29) is 0 Å². The fraction of sp³-hybridized carbons (Fsp3) is 0.429. The second kappa shape index (κ2) is 6.35. The van der Waals surface area contributed by atoms with Crippen molar-refractivity contribution in [3.8, 4) is 12.3 Å². The van der Waals surface area contributed by atoms with Gasteiger partial charge in [-0.15, -0.1) is 24.1 Å². The zero-order valence-corrected chi connectivity index (χ0v) is 11.3. The van der Waals surface area contributed by atoms with E-state index < -0.39 is 0 Å². The highest BCUT2D eigenvalue weighted by Crippen LogP contribution is 2.37. The summed E-state index contributed by atoms with van der Waals surface area (Å²) in [6.07, 6.45) is 8.29. The number of benzene rings is 1. The third-order valence-corrected chi connectivity index (χ3v) is 4.26. The van der Waals surface area contributed by atoms with E-state index in [0.29, 0.717) is 6.04 Å². The minimum absolute atomic E-state index is 0.433. The van der Waals surface area contributed by atoms with Gasteiger partial charge in [0.1, 0.15) is 0 Å². The largest absolute Gasteiger partial charge is 0.310 e. The Kier molecular flexibility index (Phi) is 4.79. The normalized spacial score (nSPS) is 18.5. The molecule has 1 N–H and O–H groups in total. The highest BCUT2D eigenvalue weighted by atomic mass is 35.5. The molecular formula is C14H16ClNS. The third-order valence-electron chi connectivity index (χ3n) is 2.90. The lowest BCUT2D eigenvalue weighted by molar-refractivity contribution is 0.505. The number of hydrogen-bond acceptors (Lipinski definition) is 2. The predicted molar refractivity (Wildman–Crippen MR) is 75.6 cm³/mol. The van der Waals surface area contributed by atoms with E-state index in [2.05, 4.69) is 23.4 Å². The van der Waals surface area contributed by atoms with Gasteiger partial charge in [0.05, 0.1) is 0 Å². The van der Waals surface area contributed by atoms with Gasteiger partial charge in [-0.2, -0.15) is 0 Å². The van der Waals surface area contributed by atoms with Crippen LogP contribution < -0.4 is 5.32 Å². The molecule has 0 spiro atoms. The first-order chi connectivity index (χ1) is 8.31. The topological polar surface area (TPSA) is 12.0 Å². The fourth-order valence-corrected chi connectivity index (χ4v) is 3.33. The van der Waals surface area contributed by atoms with Crippen LogP contribution in [-0.2, 0) is 0 Å². The fourth-order valence-electron chi connectivity index (χ4n) is 2.04. The number of rotatable bonds is 4. The van der Waals surface area contributed by atoms with E-state index in [1.54, 1.807) is 0 Å². The first-order valence-electron chi connectivity index (χ1n) is 5.90. The van der Waals surface area contributed by atoms with E-state index in [0.717, 1.165) is 30.8 Å². The lowest BCUT2D eigenvalue weighted by Crippen LogP contribution is -2.25. The van der Waals surface area contributed by atoms with Crippen LogP contribution >= 0.6 is 23.4 Å². The molecule has 0 fully saturated rings. The molecule has 1 atom stereocenters. The molecule has 2 rings (SSSR count). The Morgan fingerprint density at radius 1 is 1.53 bits per heavy atom. The summed E-state index contributed by atoms with van der Waals surface area (Å²) in [4.78, 5) is 1.36. The van der Waals surface area contributed by atoms with Gasteiger partial charge in [0.15, 0.2) is 0 Å². The predicted octanol–water partition coefficient (Wildman–Crippen LogP) is 3.88. The molecule has 3 heteroatoms. The molecule has 0 bridgehead atoms. The first-order valence-corrected chi connectivity index (χ1v) is 7.26. The molecule has 1 aliphatic rings. The molecule has 0 aliphatic carbocycles. The lowest BCUT2D eigenvalue weighted by atomic mass is 10.0. The van der Waals surface area contributed by atoms with E-state index >= 15 is 0 Å². The summed E-state index contributed by atoms with van der Waals surface area (Å²) in [5, 5.41) is 4.39. The summed E-state index contributed by atoms with van der Waals surface area (Å²) in [5.41, 5.74) is 1.34. The minimum atomic E-state index is 0.433. The average molecular weight is 266 g/mol. The first kappa shape index (κ1) is 12.8. The molecular weight excluding hydrogens is 250 g/mol. The maximum Gasteiger partial charge on any atom is 0.0410 e. The Hall–Kier alpha value is -0.620. The maximum absolute atomic E-state index is 6.06. The SMILES string of the molecule is C#CCCCNC1CCSc2ccc(Cl)cc21. The van der Waals surface area contributed by atoms with Crippen LogP contribution in [0.2, 0.25) is 5.02 Å². The van der Waals surface area contributed by atoms with Gasteiger partial charge in [0.25, 0.3) is 0 Å². The Morgan fingerprint density at radius 2 is 2.41 bits per heavy atom. The van der Waals surface area contributed by atoms with Crippen molar-refractivity contribution in [2.75, 3.05) is 12.3 Å². The standard InChI is InChI=1S/C14H16ClNS/c1-2-3-4-8-16-13-7-9-17-14-6-5-11(15)10-12(13)14/h1,5-6,10,13,16H,3-4,7-9H2. The zero-order chi connectivity index (χ0) is 12.1. The summed E-state index contributed by atoms with van der Waals surface area (Å²) in [7, 11) is 0. The second-order valence-electron chi connectivity index (χ2n) is 4.13. The zero-order valence-electron chi connectivity index (χ0n) is 9.71. The number of fused-ring (bicyclic) bond motifs is 1. The van der Waals surface area contributed by atoms with Gasteiger partial charge < -0.3 is 5.32 Å². The summed E-state index contributed by atoms with van der Waals surface area (Å²) in [6.45, 7) is 0.978. The van der Waals surface area contributed by atoms with Crippen LogP contribution in [0.25, 0.3) is 0 Å². The molecule has 1 nitrogen and oxygen atoms in total. The monoisotopic (exact) mass is 265 g/mol. The van der Waals surface area contributed by atoms with Crippen LogP contribution in [-0.4, -0.2) is 12.3 Å². The molecule has 90 valence electrons. The average Bonchev–Trinajstić information content (AvgIpc) is 2.35. The molecule has 1 aromatic rings. The molecule has 1 unspecified atom stereocenters. The molecule has 1 aromatic carbocycles. The van der Waals surface area contributed by atoms with Crippen molar-refractivity contribution < 1.29 is 0 Å². The number of nitrogens with one attached hydrogen (secondary N) is 1. The smallest absolute Gasteiger partial charge is 0.0410 e. The van der Waals surface area contributed by atoms with Crippen LogP contribution in [0, 0.1) is 12.3 Å². The van der Waals surface area contributed by atoms with Gasteiger partial charge in [-0.05, 0) is 48.9 Å². The molecule has 17 heavy (non-hydrogen) atoms. The lowest BCUT2D eigenvalue weighted by Gasteiger charge is -2.26. The van der Waals surface area contributed by atoms with Gasteiger partial charge in [0.2, 0.25) is 0 Å². The van der Waals surface area contributed by atoms with Crippen LogP contribution in [0.1, 0.15) is 30.9 Å². The molecule has 0 amide bonds. The van der Waals surface area contributed by atoms with Crippen molar-refractivity contribution in [1.82, 2.24) is 5.32 Å². The van der Waals surface area contributed by atoms with Crippen molar-refractivity contribution in [2.45, 2.75) is 30.2 Å². The van der Waals surface area contributed by atoms with E-state index in [1.165, 1.54) is 16.2 Å². The molecule has 0 aromatic heterocycles. The van der Waals surface area contributed by atoms with E-state index in [9.17, 15) is 0 Å². The second-order valence-corrected chi connectivity index (χ2v) is 5.71. The van der Waals surface area contributed by atoms with Gasteiger partial charge in [-0.3, -0.25) is 0 Å². The molecule has 0 saturated heterocycles. The number of thioether (sulfide) groups is 1. The molecule has 1 heterocycles. The van der Waals surface area contributed by atoms with Crippen molar-refractivity contribution in [1.29, 1.82) is 0 Å².